The minimum atomic E-state index is 0.198. The van der Waals surface area contributed by atoms with E-state index in [-0.39, 0.29) is 6.04 Å². The minimum absolute atomic E-state index is 0.198. The van der Waals surface area contributed by atoms with Crippen molar-refractivity contribution in [3.8, 4) is 6.07 Å². The van der Waals surface area contributed by atoms with Gasteiger partial charge in [0.15, 0.2) is 5.82 Å². The Morgan fingerprint density at radius 1 is 1.36 bits per heavy atom. The van der Waals surface area contributed by atoms with Crippen LogP contribution in [0.4, 0.5) is 5.82 Å². The van der Waals surface area contributed by atoms with Gasteiger partial charge in [-0.25, -0.2) is 9.97 Å². The van der Waals surface area contributed by atoms with Crippen molar-refractivity contribution in [1.82, 2.24) is 20.3 Å². The van der Waals surface area contributed by atoms with Crippen molar-refractivity contribution in [1.29, 1.82) is 5.26 Å². The molecule has 4 rings (SSSR count). The molecule has 0 amide bonds. The van der Waals surface area contributed by atoms with Crippen molar-refractivity contribution < 1.29 is 0 Å². The fraction of sp³-hybridized carbons (Fsp3) is 0.409. The van der Waals surface area contributed by atoms with Crippen LogP contribution in [0.2, 0.25) is 0 Å². The molecule has 1 aliphatic heterocycles. The first-order valence-corrected chi connectivity index (χ1v) is 9.91. The molecule has 1 aliphatic carbocycles. The molecule has 1 fully saturated rings. The second-order valence-electron chi connectivity index (χ2n) is 7.63. The number of aromatic nitrogens is 3. The molecule has 0 spiro atoms. The molecule has 0 saturated carbocycles. The molecule has 2 aliphatic rings. The molecule has 2 aromatic rings. The lowest BCUT2D eigenvalue weighted by atomic mass is 10.0. The van der Waals surface area contributed by atoms with Gasteiger partial charge in [0.05, 0.1) is 5.39 Å². The van der Waals surface area contributed by atoms with Gasteiger partial charge >= 0.3 is 0 Å². The molecule has 2 aromatic heterocycles. The molecule has 6 heteroatoms. The van der Waals surface area contributed by atoms with Gasteiger partial charge in [0, 0.05) is 30.4 Å². The van der Waals surface area contributed by atoms with Crippen LogP contribution < -0.4 is 10.2 Å². The molecule has 28 heavy (non-hydrogen) atoms. The van der Waals surface area contributed by atoms with E-state index < -0.39 is 0 Å². The van der Waals surface area contributed by atoms with Crippen LogP contribution in [-0.2, 0) is 0 Å². The number of anilines is 1. The summed E-state index contributed by atoms with van der Waals surface area (Å²) in [7, 11) is 0. The summed E-state index contributed by atoms with van der Waals surface area (Å²) in [5, 5.41) is 13.4. The summed E-state index contributed by atoms with van der Waals surface area (Å²) in [6.07, 6.45) is 10.7. The second-order valence-corrected chi connectivity index (χ2v) is 7.63. The van der Waals surface area contributed by atoms with Crippen molar-refractivity contribution in [3.05, 3.63) is 47.6 Å². The number of fused-ring (bicyclic) bond motifs is 1. The van der Waals surface area contributed by atoms with Crippen LogP contribution in [0.25, 0.3) is 16.6 Å². The summed E-state index contributed by atoms with van der Waals surface area (Å²) in [6, 6.07) is 2.29. The van der Waals surface area contributed by atoms with Crippen LogP contribution in [0.15, 0.2) is 30.5 Å². The first kappa shape index (κ1) is 18.3. The predicted octanol–water partition coefficient (Wildman–Crippen LogP) is 3.90. The Balaban J connectivity index is 1.76. The number of rotatable bonds is 4. The van der Waals surface area contributed by atoms with Crippen molar-refractivity contribution >= 4 is 22.4 Å². The van der Waals surface area contributed by atoms with E-state index in [0.29, 0.717) is 5.70 Å². The lowest BCUT2D eigenvalue weighted by Gasteiger charge is -2.34. The quantitative estimate of drug-likeness (QED) is 0.793. The fourth-order valence-electron chi connectivity index (χ4n) is 4.05. The van der Waals surface area contributed by atoms with Gasteiger partial charge in [-0.15, -0.1) is 0 Å². The maximum atomic E-state index is 9.05. The normalized spacial score (nSPS) is 19.4. The Kier molecular flexibility index (Phi) is 4.91. The number of hydrogen-bond acceptors (Lipinski definition) is 5. The van der Waals surface area contributed by atoms with E-state index in [9.17, 15) is 0 Å². The zero-order valence-corrected chi connectivity index (χ0v) is 16.5. The number of nitrogens with zero attached hydrogens (tertiary/aromatic N) is 4. The third kappa shape index (κ3) is 3.40. The number of nitriles is 1. The maximum absolute atomic E-state index is 9.05. The molecule has 6 nitrogen and oxygen atoms in total. The Bertz CT molecular complexity index is 1020. The lowest BCUT2D eigenvalue weighted by molar-refractivity contribution is 0.455. The number of piperidine rings is 1. The van der Waals surface area contributed by atoms with Crippen LogP contribution in [0, 0.1) is 25.2 Å². The second kappa shape index (κ2) is 7.51. The van der Waals surface area contributed by atoms with E-state index in [4.69, 9.17) is 15.2 Å². The van der Waals surface area contributed by atoms with Gasteiger partial charge in [-0.2, -0.15) is 5.26 Å². The van der Waals surface area contributed by atoms with Gasteiger partial charge in [0.2, 0.25) is 0 Å². The van der Waals surface area contributed by atoms with Gasteiger partial charge in [0.25, 0.3) is 0 Å². The highest BCUT2D eigenvalue weighted by Gasteiger charge is 2.25. The standard InChI is InChI=1S/C22H26N6/c1-14(12-23)24-18-10-7-11-28(13-18)22-19-15(2)16(3)25-21(19)26-20(27-22)17-8-5-4-6-9-17/h5,8-9,18,24H,1,4,6-7,10-11,13H2,2-3H3,(H,25,26,27). The molecule has 0 radical (unpaired) electrons. The van der Waals surface area contributed by atoms with Gasteiger partial charge in [-0.3, -0.25) is 0 Å². The summed E-state index contributed by atoms with van der Waals surface area (Å²) < 4.78 is 0. The maximum Gasteiger partial charge on any atom is 0.163 e. The zero-order valence-electron chi connectivity index (χ0n) is 16.5. The van der Waals surface area contributed by atoms with Crippen molar-refractivity contribution in [3.63, 3.8) is 0 Å². The van der Waals surface area contributed by atoms with E-state index in [1.807, 2.05) is 0 Å². The Labute approximate surface area is 165 Å². The minimum Gasteiger partial charge on any atom is -0.372 e. The summed E-state index contributed by atoms with van der Waals surface area (Å²) >= 11 is 0. The fourth-order valence-corrected chi connectivity index (χ4v) is 4.05. The van der Waals surface area contributed by atoms with Gasteiger partial charge in [-0.1, -0.05) is 24.8 Å². The van der Waals surface area contributed by atoms with Crippen molar-refractivity contribution in [2.75, 3.05) is 18.0 Å². The van der Waals surface area contributed by atoms with Gasteiger partial charge in [-0.05, 0) is 45.1 Å². The van der Waals surface area contributed by atoms with Crippen LogP contribution in [-0.4, -0.2) is 34.1 Å². The summed E-state index contributed by atoms with van der Waals surface area (Å²) in [4.78, 5) is 15.6. The first-order valence-electron chi connectivity index (χ1n) is 9.91. The number of hydrogen-bond donors (Lipinski definition) is 2. The molecule has 1 saturated heterocycles. The Hall–Kier alpha value is -3.07. The van der Waals surface area contributed by atoms with Gasteiger partial charge in [0.1, 0.15) is 23.2 Å². The topological polar surface area (TPSA) is 80.6 Å². The number of aromatic amines is 1. The first-order chi connectivity index (χ1) is 13.6. The number of nitrogens with one attached hydrogen (secondary N) is 2. The third-order valence-electron chi connectivity index (χ3n) is 5.62. The average Bonchev–Trinajstić information content (AvgIpc) is 3.02. The highest BCUT2D eigenvalue weighted by molar-refractivity contribution is 5.93. The zero-order chi connectivity index (χ0) is 19.7. The summed E-state index contributed by atoms with van der Waals surface area (Å²) in [6.45, 7) is 9.72. The molecule has 0 aromatic carbocycles. The average molecular weight is 374 g/mol. The summed E-state index contributed by atoms with van der Waals surface area (Å²) in [5.74, 6) is 1.76. The Morgan fingerprint density at radius 3 is 2.96 bits per heavy atom. The highest BCUT2D eigenvalue weighted by atomic mass is 15.2. The molecule has 3 heterocycles. The monoisotopic (exact) mass is 374 g/mol. The number of allylic oxidation sites excluding steroid dienone is 5. The molecule has 1 atom stereocenters. The van der Waals surface area contributed by atoms with Crippen molar-refractivity contribution in [2.24, 2.45) is 0 Å². The van der Waals surface area contributed by atoms with E-state index in [2.05, 4.69) is 59.9 Å². The van der Waals surface area contributed by atoms with E-state index in [1.54, 1.807) is 0 Å². The molecular formula is C22H26N6. The van der Waals surface area contributed by atoms with E-state index in [1.165, 1.54) is 5.56 Å². The van der Waals surface area contributed by atoms with Crippen LogP contribution >= 0.6 is 0 Å². The third-order valence-corrected chi connectivity index (χ3v) is 5.62. The number of aryl methyl sites for hydroxylation is 2. The molecular weight excluding hydrogens is 348 g/mol. The smallest absolute Gasteiger partial charge is 0.163 e. The predicted molar refractivity (Wildman–Crippen MR) is 113 cm³/mol. The molecule has 144 valence electrons. The molecule has 1 unspecified atom stereocenters. The van der Waals surface area contributed by atoms with Crippen LogP contribution in [0.5, 0.6) is 0 Å². The lowest BCUT2D eigenvalue weighted by Crippen LogP contribution is -2.45. The Morgan fingerprint density at radius 2 is 2.21 bits per heavy atom. The van der Waals surface area contributed by atoms with E-state index in [0.717, 1.165) is 72.7 Å². The van der Waals surface area contributed by atoms with Gasteiger partial charge < -0.3 is 15.2 Å². The van der Waals surface area contributed by atoms with Crippen molar-refractivity contribution in [2.45, 2.75) is 45.6 Å². The number of H-pyrrole nitrogens is 1. The van der Waals surface area contributed by atoms with Crippen LogP contribution in [0.1, 0.15) is 42.8 Å². The molecule has 0 bridgehead atoms. The molecule has 2 N–H and O–H groups in total. The SMILES string of the molecule is C=C(C#N)NC1CCCN(c2nc(C3=CCCC=C3)nc3[nH]c(C)c(C)c23)C1. The largest absolute Gasteiger partial charge is 0.372 e. The highest BCUT2D eigenvalue weighted by Crippen LogP contribution is 2.32. The summed E-state index contributed by atoms with van der Waals surface area (Å²) in [5.41, 5.74) is 4.73. The van der Waals surface area contributed by atoms with E-state index >= 15 is 0 Å². The van der Waals surface area contributed by atoms with Crippen LogP contribution in [0.3, 0.4) is 0 Å².